The second kappa shape index (κ2) is 7.06. The molecule has 0 saturated heterocycles. The van der Waals surface area contributed by atoms with E-state index in [1.54, 1.807) is 30.1 Å². The van der Waals surface area contributed by atoms with Gasteiger partial charge in [0.2, 0.25) is 0 Å². The highest BCUT2D eigenvalue weighted by atomic mass is 32.1. The highest BCUT2D eigenvalue weighted by Gasteiger charge is 2.13. The van der Waals surface area contributed by atoms with Gasteiger partial charge >= 0.3 is 0 Å². The molecule has 0 aliphatic rings. The van der Waals surface area contributed by atoms with E-state index in [0.717, 1.165) is 10.2 Å². The first-order chi connectivity index (χ1) is 11.6. The fourth-order valence-electron chi connectivity index (χ4n) is 2.44. The number of carbonyl (C=O) groups excluding carboxylic acids is 1. The van der Waals surface area contributed by atoms with Gasteiger partial charge in [-0.15, -0.1) is 0 Å². The maximum atomic E-state index is 13.5. The molecule has 3 rings (SSSR count). The van der Waals surface area contributed by atoms with Gasteiger partial charge in [-0.25, -0.2) is 4.39 Å². The molecule has 1 aromatic carbocycles. The molecule has 0 spiro atoms. The van der Waals surface area contributed by atoms with Crippen molar-refractivity contribution in [2.24, 2.45) is 4.99 Å². The van der Waals surface area contributed by atoms with Crippen molar-refractivity contribution >= 4 is 27.5 Å². The summed E-state index contributed by atoms with van der Waals surface area (Å²) in [5.41, 5.74) is 1.26. The first-order valence-electron chi connectivity index (χ1n) is 7.52. The zero-order chi connectivity index (χ0) is 17.1. The molecular formula is C16H17FN4O2S. The number of methoxy groups -OCH3 is 1. The van der Waals surface area contributed by atoms with E-state index in [-0.39, 0.29) is 11.7 Å². The van der Waals surface area contributed by atoms with Crippen LogP contribution in [0.3, 0.4) is 0 Å². The van der Waals surface area contributed by atoms with E-state index in [2.05, 4.69) is 10.1 Å². The molecule has 2 aromatic heterocycles. The van der Waals surface area contributed by atoms with Gasteiger partial charge in [-0.05, 0) is 31.2 Å². The fraction of sp³-hybridized carbons (Fsp3) is 0.312. The molecule has 0 N–H and O–H groups in total. The summed E-state index contributed by atoms with van der Waals surface area (Å²) in [7, 11) is 1.61. The Morgan fingerprint density at radius 3 is 3.00 bits per heavy atom. The molecule has 0 aliphatic carbocycles. The summed E-state index contributed by atoms with van der Waals surface area (Å²) in [5, 5.41) is 4.09. The normalized spacial score (nSPS) is 12.2. The molecule has 0 bridgehead atoms. The molecule has 2 heterocycles. The summed E-state index contributed by atoms with van der Waals surface area (Å²) in [5.74, 6) is -0.683. The molecule has 8 heteroatoms. The Morgan fingerprint density at radius 1 is 1.42 bits per heavy atom. The van der Waals surface area contributed by atoms with Crippen molar-refractivity contribution in [3.63, 3.8) is 0 Å². The van der Waals surface area contributed by atoms with Crippen LogP contribution in [0.5, 0.6) is 0 Å². The highest BCUT2D eigenvalue weighted by molar-refractivity contribution is 7.16. The van der Waals surface area contributed by atoms with Gasteiger partial charge in [-0.3, -0.25) is 9.48 Å². The van der Waals surface area contributed by atoms with Gasteiger partial charge in [0.15, 0.2) is 4.80 Å². The van der Waals surface area contributed by atoms with Crippen molar-refractivity contribution in [1.82, 2.24) is 14.3 Å². The Bertz CT molecular complexity index is 941. The lowest BCUT2D eigenvalue weighted by Gasteiger charge is -2.04. The number of benzene rings is 1. The number of fused-ring (bicyclic) bond motifs is 1. The van der Waals surface area contributed by atoms with Crippen molar-refractivity contribution in [3.8, 4) is 0 Å². The average molecular weight is 348 g/mol. The molecule has 126 valence electrons. The predicted molar refractivity (Wildman–Crippen MR) is 89.4 cm³/mol. The van der Waals surface area contributed by atoms with Crippen molar-refractivity contribution in [3.05, 3.63) is 46.8 Å². The summed E-state index contributed by atoms with van der Waals surface area (Å²) in [6.45, 7) is 3.49. The maximum Gasteiger partial charge on any atom is 0.297 e. The van der Waals surface area contributed by atoms with Crippen LogP contribution < -0.4 is 4.80 Å². The number of carbonyl (C=O) groups is 1. The predicted octanol–water partition coefficient (Wildman–Crippen LogP) is 2.45. The van der Waals surface area contributed by atoms with Gasteiger partial charge < -0.3 is 9.30 Å². The molecule has 24 heavy (non-hydrogen) atoms. The van der Waals surface area contributed by atoms with E-state index in [1.807, 2.05) is 11.5 Å². The van der Waals surface area contributed by atoms with Crippen LogP contribution >= 0.6 is 11.3 Å². The van der Waals surface area contributed by atoms with Crippen LogP contribution in [0, 0.1) is 5.82 Å². The number of halogens is 1. The minimum absolute atomic E-state index is 0.315. The lowest BCUT2D eigenvalue weighted by Crippen LogP contribution is -2.20. The minimum Gasteiger partial charge on any atom is -0.383 e. The van der Waals surface area contributed by atoms with Gasteiger partial charge in [0, 0.05) is 26.4 Å². The molecule has 1 amide bonds. The Balaban J connectivity index is 2.11. The Morgan fingerprint density at radius 2 is 2.25 bits per heavy atom. The number of nitrogens with zero attached hydrogens (tertiary/aromatic N) is 4. The van der Waals surface area contributed by atoms with Crippen LogP contribution in [0.4, 0.5) is 4.39 Å². The molecule has 0 radical (unpaired) electrons. The highest BCUT2D eigenvalue weighted by Crippen LogP contribution is 2.18. The zero-order valence-electron chi connectivity index (χ0n) is 13.4. The first kappa shape index (κ1) is 16.5. The summed E-state index contributed by atoms with van der Waals surface area (Å²) in [4.78, 5) is 17.2. The average Bonchev–Trinajstić information content (AvgIpc) is 3.16. The standard InChI is InChI=1S/C16H17FN4O2S/c1-3-21-13(6-7-18-21)15(22)19-16-20(8-9-23-2)12-5-4-11(17)10-14(12)24-16/h4-7,10H,3,8-9H2,1-2H3. The third-order valence-electron chi connectivity index (χ3n) is 3.60. The molecule has 0 unspecified atom stereocenters. The minimum atomic E-state index is -0.368. The lowest BCUT2D eigenvalue weighted by molar-refractivity contribution is 0.0987. The number of aromatic nitrogens is 3. The molecule has 0 fully saturated rings. The number of thiazole rings is 1. The number of hydrogen-bond acceptors (Lipinski definition) is 4. The third kappa shape index (κ3) is 3.15. The number of amides is 1. The van der Waals surface area contributed by atoms with Crippen molar-refractivity contribution < 1.29 is 13.9 Å². The lowest BCUT2D eigenvalue weighted by atomic mass is 10.3. The molecule has 6 nitrogen and oxygen atoms in total. The monoisotopic (exact) mass is 348 g/mol. The number of hydrogen-bond donors (Lipinski definition) is 0. The number of ether oxygens (including phenoxy) is 1. The van der Waals surface area contributed by atoms with Crippen molar-refractivity contribution in [1.29, 1.82) is 0 Å². The van der Waals surface area contributed by atoms with Crippen LogP contribution in [-0.2, 0) is 17.8 Å². The SMILES string of the molecule is CCn1nccc1C(=O)N=c1sc2cc(F)ccc2n1CCOC. The summed E-state index contributed by atoms with van der Waals surface area (Å²) >= 11 is 1.28. The van der Waals surface area contributed by atoms with Crippen molar-refractivity contribution in [2.45, 2.75) is 20.0 Å². The summed E-state index contributed by atoms with van der Waals surface area (Å²) in [6, 6.07) is 6.18. The van der Waals surface area contributed by atoms with E-state index in [0.29, 0.717) is 30.2 Å². The molecule has 0 aliphatic heterocycles. The van der Waals surface area contributed by atoms with Gasteiger partial charge in [-0.1, -0.05) is 11.3 Å². The maximum absolute atomic E-state index is 13.5. The fourth-order valence-corrected chi connectivity index (χ4v) is 3.52. The first-order valence-corrected chi connectivity index (χ1v) is 8.34. The van der Waals surface area contributed by atoms with Gasteiger partial charge in [0.25, 0.3) is 5.91 Å². The van der Waals surface area contributed by atoms with Crippen LogP contribution in [0.2, 0.25) is 0 Å². The molecular weight excluding hydrogens is 331 g/mol. The van der Waals surface area contributed by atoms with E-state index < -0.39 is 0 Å². The quantitative estimate of drug-likeness (QED) is 0.711. The topological polar surface area (TPSA) is 61.4 Å². The van der Waals surface area contributed by atoms with Crippen molar-refractivity contribution in [2.75, 3.05) is 13.7 Å². The summed E-state index contributed by atoms with van der Waals surface area (Å²) < 4.78 is 22.8. The van der Waals surface area contributed by atoms with Gasteiger partial charge in [0.05, 0.1) is 16.8 Å². The number of aryl methyl sites for hydroxylation is 1. The Hall–Kier alpha value is -2.32. The Kier molecular flexibility index (Phi) is 4.86. The van der Waals surface area contributed by atoms with E-state index in [1.165, 1.54) is 23.5 Å². The second-order valence-electron chi connectivity index (χ2n) is 5.09. The second-order valence-corrected chi connectivity index (χ2v) is 6.10. The largest absolute Gasteiger partial charge is 0.383 e. The van der Waals surface area contributed by atoms with Gasteiger partial charge in [0.1, 0.15) is 11.5 Å². The van der Waals surface area contributed by atoms with Crippen LogP contribution in [0.15, 0.2) is 35.5 Å². The molecule has 0 saturated carbocycles. The van der Waals surface area contributed by atoms with E-state index in [9.17, 15) is 9.18 Å². The molecule has 3 aromatic rings. The summed E-state index contributed by atoms with van der Waals surface area (Å²) in [6.07, 6.45) is 1.57. The van der Waals surface area contributed by atoms with Crippen LogP contribution in [-0.4, -0.2) is 34.0 Å². The van der Waals surface area contributed by atoms with Crippen LogP contribution in [0.25, 0.3) is 10.2 Å². The third-order valence-corrected chi connectivity index (χ3v) is 4.64. The zero-order valence-corrected chi connectivity index (χ0v) is 14.2. The van der Waals surface area contributed by atoms with Crippen LogP contribution in [0.1, 0.15) is 17.4 Å². The Labute approximate surface area is 141 Å². The smallest absolute Gasteiger partial charge is 0.297 e. The van der Waals surface area contributed by atoms with E-state index in [4.69, 9.17) is 4.74 Å². The molecule has 0 atom stereocenters. The van der Waals surface area contributed by atoms with Gasteiger partial charge in [-0.2, -0.15) is 10.1 Å². The van der Waals surface area contributed by atoms with E-state index >= 15 is 0 Å². The number of rotatable bonds is 5.